The zero-order chi connectivity index (χ0) is 33.9. The monoisotopic (exact) mass is 655 g/mol. The number of para-hydroxylation sites is 1. The number of nitrogens with one attached hydrogen (secondary N) is 1. The van der Waals surface area contributed by atoms with E-state index in [4.69, 9.17) is 9.41 Å². The summed E-state index contributed by atoms with van der Waals surface area (Å²) in [6.07, 6.45) is 8.36. The molecule has 9 aromatic rings. The van der Waals surface area contributed by atoms with Crippen LogP contribution in [0.25, 0.3) is 76.7 Å². The van der Waals surface area contributed by atoms with E-state index in [1.807, 2.05) is 19.2 Å². The Morgan fingerprint density at radius 3 is 2.02 bits per heavy atom. The molecule has 0 aliphatic heterocycles. The van der Waals surface area contributed by atoms with Crippen LogP contribution < -0.4 is 5.32 Å². The van der Waals surface area contributed by atoms with Gasteiger partial charge in [-0.15, -0.1) is 0 Å². The van der Waals surface area contributed by atoms with Gasteiger partial charge in [0.25, 0.3) is 0 Å². The fraction of sp³-hybridized carbons (Fsp3) is 0.0426. The first-order valence-electron chi connectivity index (χ1n) is 17.4. The highest BCUT2D eigenvalue weighted by molar-refractivity contribution is 6.28. The summed E-state index contributed by atoms with van der Waals surface area (Å²) in [7, 11) is 1.97. The SMILES string of the molecule is CN/C(=C1/C=CC=C/C1=N/Cc1cccc(-n2c3ccc4ccccc4c3c3c4ccccc4ccc32)c1)c1ccc2c(c1)oc1ccccc12. The van der Waals surface area contributed by atoms with Crippen LogP contribution in [-0.4, -0.2) is 17.3 Å². The number of rotatable bonds is 5. The van der Waals surface area contributed by atoms with Crippen LogP contribution in [0.3, 0.4) is 0 Å². The van der Waals surface area contributed by atoms with Gasteiger partial charge in [-0.05, 0) is 75.6 Å². The molecule has 0 unspecified atom stereocenters. The molecule has 1 aliphatic carbocycles. The van der Waals surface area contributed by atoms with Crippen molar-refractivity contribution < 1.29 is 4.42 Å². The van der Waals surface area contributed by atoms with Crippen LogP contribution in [0.1, 0.15) is 11.1 Å². The highest BCUT2D eigenvalue weighted by Crippen LogP contribution is 2.40. The predicted molar refractivity (Wildman–Crippen MR) is 215 cm³/mol. The second kappa shape index (κ2) is 11.7. The average molecular weight is 656 g/mol. The Labute approximate surface area is 295 Å². The van der Waals surface area contributed by atoms with Crippen LogP contribution in [0, 0.1) is 0 Å². The molecule has 4 heteroatoms. The zero-order valence-electron chi connectivity index (χ0n) is 28.1. The lowest BCUT2D eigenvalue weighted by molar-refractivity contribution is 0.668. The molecular weight excluding hydrogens is 623 g/mol. The summed E-state index contributed by atoms with van der Waals surface area (Å²) in [5.41, 5.74) is 10.5. The smallest absolute Gasteiger partial charge is 0.136 e. The first-order valence-corrected chi connectivity index (χ1v) is 17.4. The highest BCUT2D eigenvalue weighted by atomic mass is 16.3. The number of fused-ring (bicyclic) bond motifs is 10. The van der Waals surface area contributed by atoms with Crippen molar-refractivity contribution >= 4 is 76.7 Å². The predicted octanol–water partition coefficient (Wildman–Crippen LogP) is 11.7. The molecule has 10 rings (SSSR count). The van der Waals surface area contributed by atoms with Gasteiger partial charge < -0.3 is 14.3 Å². The number of aliphatic imine (C=N–C) groups is 1. The van der Waals surface area contributed by atoms with E-state index in [2.05, 4.69) is 162 Å². The third-order valence-electron chi connectivity index (χ3n) is 10.2. The van der Waals surface area contributed by atoms with Crippen LogP contribution in [0.2, 0.25) is 0 Å². The molecule has 0 amide bonds. The van der Waals surface area contributed by atoms with E-state index in [0.717, 1.165) is 55.7 Å². The van der Waals surface area contributed by atoms with Gasteiger partial charge in [-0.25, -0.2) is 0 Å². The average Bonchev–Trinajstić information content (AvgIpc) is 3.74. The van der Waals surface area contributed by atoms with Gasteiger partial charge in [0.2, 0.25) is 0 Å². The molecule has 0 fully saturated rings. The Morgan fingerprint density at radius 2 is 1.27 bits per heavy atom. The summed E-state index contributed by atoms with van der Waals surface area (Å²) >= 11 is 0. The van der Waals surface area contributed by atoms with Crippen LogP contribution >= 0.6 is 0 Å². The maximum atomic E-state index is 6.23. The van der Waals surface area contributed by atoms with Crippen LogP contribution in [0.15, 0.2) is 179 Å². The Kier molecular flexibility index (Phi) is 6.75. The summed E-state index contributed by atoms with van der Waals surface area (Å²) in [6.45, 7) is 0.549. The van der Waals surface area contributed by atoms with Crippen LogP contribution in [0.5, 0.6) is 0 Å². The molecule has 2 heterocycles. The van der Waals surface area contributed by atoms with E-state index < -0.39 is 0 Å². The van der Waals surface area contributed by atoms with E-state index in [-0.39, 0.29) is 0 Å². The lowest BCUT2D eigenvalue weighted by Crippen LogP contribution is -2.13. The van der Waals surface area contributed by atoms with Gasteiger partial charge in [0.05, 0.1) is 29.0 Å². The number of nitrogens with zero attached hydrogens (tertiary/aromatic N) is 2. The first kappa shape index (κ1) is 29.3. The Hall–Kier alpha value is -6.65. The number of hydrogen-bond acceptors (Lipinski definition) is 3. The van der Waals surface area contributed by atoms with E-state index in [9.17, 15) is 0 Å². The molecule has 51 heavy (non-hydrogen) atoms. The molecule has 0 saturated carbocycles. The fourth-order valence-electron chi connectivity index (χ4n) is 7.94. The number of furan rings is 1. The van der Waals surface area contributed by atoms with Crippen molar-refractivity contribution in [1.29, 1.82) is 0 Å². The lowest BCUT2D eigenvalue weighted by Gasteiger charge is -2.16. The molecular formula is C47H33N3O. The van der Waals surface area contributed by atoms with Crippen molar-refractivity contribution in [2.24, 2.45) is 4.99 Å². The molecule has 2 aromatic heterocycles. The molecule has 0 bridgehead atoms. The van der Waals surface area contributed by atoms with Crippen LogP contribution in [0.4, 0.5) is 0 Å². The minimum Gasteiger partial charge on any atom is -0.456 e. The van der Waals surface area contributed by atoms with Gasteiger partial charge in [-0.2, -0.15) is 0 Å². The molecule has 1 aliphatic rings. The maximum Gasteiger partial charge on any atom is 0.136 e. The second-order valence-electron chi connectivity index (χ2n) is 13.1. The standard InChI is InChI=1S/C47H33N3O/c1-48-47(33-21-24-38-37-17-7-9-20-43(37)51-44(38)28-33)39-18-6-8-19-40(39)49-29-30-11-10-14-34(27-30)50-41-25-22-31-12-2-4-15-35(31)45(41)46-36-16-5-3-13-32(36)23-26-42(46)50/h2-28,48H,29H2,1H3/b47-39-,49-40-. The van der Waals surface area contributed by atoms with Gasteiger partial charge in [0.15, 0.2) is 0 Å². The van der Waals surface area contributed by atoms with Crippen molar-refractivity contribution in [1.82, 2.24) is 9.88 Å². The summed E-state index contributed by atoms with van der Waals surface area (Å²) in [5.74, 6) is 0. The Bertz CT molecular complexity index is 2890. The van der Waals surface area contributed by atoms with Gasteiger partial charge in [-0.3, -0.25) is 4.99 Å². The molecule has 242 valence electrons. The number of benzene rings is 7. The summed E-state index contributed by atoms with van der Waals surface area (Å²) in [5, 5.41) is 13.3. The third-order valence-corrected chi connectivity index (χ3v) is 10.2. The van der Waals surface area contributed by atoms with E-state index in [1.54, 1.807) is 0 Å². The third kappa shape index (κ3) is 4.72. The molecule has 0 radical (unpaired) electrons. The van der Waals surface area contributed by atoms with E-state index >= 15 is 0 Å². The Balaban J connectivity index is 1.07. The fourth-order valence-corrected chi connectivity index (χ4v) is 7.94. The van der Waals surface area contributed by atoms with Gasteiger partial charge in [-0.1, -0.05) is 115 Å². The Morgan fingerprint density at radius 1 is 0.608 bits per heavy atom. The minimum atomic E-state index is 0.549. The minimum absolute atomic E-state index is 0.549. The van der Waals surface area contributed by atoms with Crippen molar-refractivity contribution in [3.05, 3.63) is 181 Å². The molecule has 4 nitrogen and oxygen atoms in total. The number of hydrogen-bond donors (Lipinski definition) is 1. The summed E-state index contributed by atoms with van der Waals surface area (Å²) < 4.78 is 8.65. The van der Waals surface area contributed by atoms with Crippen molar-refractivity contribution in [3.8, 4) is 5.69 Å². The summed E-state index contributed by atoms with van der Waals surface area (Å²) in [4.78, 5) is 5.20. The van der Waals surface area contributed by atoms with Crippen molar-refractivity contribution in [2.45, 2.75) is 6.54 Å². The quantitative estimate of drug-likeness (QED) is 0.200. The highest BCUT2D eigenvalue weighted by Gasteiger charge is 2.18. The molecule has 0 spiro atoms. The largest absolute Gasteiger partial charge is 0.456 e. The lowest BCUT2D eigenvalue weighted by atomic mass is 9.98. The number of allylic oxidation sites excluding steroid dienone is 5. The van der Waals surface area contributed by atoms with Gasteiger partial charge in [0.1, 0.15) is 11.2 Å². The van der Waals surface area contributed by atoms with E-state index in [1.165, 1.54) is 43.4 Å². The second-order valence-corrected chi connectivity index (χ2v) is 13.1. The number of aromatic nitrogens is 1. The summed E-state index contributed by atoms with van der Waals surface area (Å²) in [6, 6.07) is 49.9. The normalized spacial score (nSPS) is 15.0. The van der Waals surface area contributed by atoms with Crippen LogP contribution in [-0.2, 0) is 6.54 Å². The van der Waals surface area contributed by atoms with Gasteiger partial charge in [0, 0.05) is 45.4 Å². The van der Waals surface area contributed by atoms with Crippen molar-refractivity contribution in [3.63, 3.8) is 0 Å². The van der Waals surface area contributed by atoms with E-state index in [0.29, 0.717) is 6.54 Å². The molecule has 1 N–H and O–H groups in total. The molecule has 0 saturated heterocycles. The van der Waals surface area contributed by atoms with Crippen molar-refractivity contribution in [2.75, 3.05) is 7.05 Å². The molecule has 7 aromatic carbocycles. The zero-order valence-corrected chi connectivity index (χ0v) is 28.1. The first-order chi connectivity index (χ1) is 25.2. The van der Waals surface area contributed by atoms with Gasteiger partial charge >= 0.3 is 0 Å². The maximum absolute atomic E-state index is 6.23. The topological polar surface area (TPSA) is 42.5 Å². The molecule has 0 atom stereocenters.